The van der Waals surface area contributed by atoms with E-state index in [0.29, 0.717) is 12.1 Å². The summed E-state index contributed by atoms with van der Waals surface area (Å²) in [7, 11) is 0. The van der Waals surface area contributed by atoms with Crippen molar-refractivity contribution in [2.75, 3.05) is 6.54 Å². The third-order valence-corrected chi connectivity index (χ3v) is 5.78. The molecule has 0 aromatic rings. The first-order chi connectivity index (χ1) is 9.21. The minimum absolute atomic E-state index is 0.127. The lowest BCUT2D eigenvalue weighted by Gasteiger charge is -2.41. The Labute approximate surface area is 122 Å². The first kappa shape index (κ1) is 14.8. The highest BCUT2D eigenvalue weighted by Gasteiger charge is 2.55. The number of piperidine rings is 1. The van der Waals surface area contributed by atoms with E-state index in [1.165, 1.54) is 12.8 Å². The van der Waals surface area contributed by atoms with Crippen LogP contribution in [0.1, 0.15) is 53.4 Å². The Bertz CT molecular complexity index is 368. The molecule has 0 amide bonds. The normalized spacial score (nSPS) is 46.8. The highest BCUT2D eigenvalue weighted by atomic mass is 16.5. The lowest BCUT2D eigenvalue weighted by atomic mass is 9.83. The molecule has 3 fully saturated rings. The molecule has 4 unspecified atom stereocenters. The molecule has 4 atom stereocenters. The SMILES string of the molecule is CC1(C)OC(C)(C)C(CN2C3CCC2CC(O)C3)C1O. The molecule has 4 nitrogen and oxygen atoms in total. The molecule has 0 aromatic carbocycles. The maximum Gasteiger partial charge on any atom is 0.0896 e. The van der Waals surface area contributed by atoms with Gasteiger partial charge in [-0.05, 0) is 53.4 Å². The van der Waals surface area contributed by atoms with E-state index in [4.69, 9.17) is 4.74 Å². The van der Waals surface area contributed by atoms with E-state index in [9.17, 15) is 10.2 Å². The topological polar surface area (TPSA) is 52.9 Å². The highest BCUT2D eigenvalue weighted by molar-refractivity contribution is 5.05. The Morgan fingerprint density at radius 1 is 1.00 bits per heavy atom. The Balaban J connectivity index is 1.75. The van der Waals surface area contributed by atoms with Gasteiger partial charge in [0.25, 0.3) is 0 Å². The molecule has 3 heterocycles. The third kappa shape index (κ3) is 2.31. The zero-order chi connectivity index (χ0) is 14.7. The number of aliphatic hydroxyl groups is 2. The van der Waals surface area contributed by atoms with E-state index in [-0.39, 0.29) is 17.6 Å². The van der Waals surface area contributed by atoms with Gasteiger partial charge >= 0.3 is 0 Å². The van der Waals surface area contributed by atoms with Gasteiger partial charge in [0.1, 0.15) is 0 Å². The first-order valence-corrected chi connectivity index (χ1v) is 8.03. The predicted octanol–water partition coefficient (Wildman–Crippen LogP) is 1.54. The minimum Gasteiger partial charge on any atom is -0.393 e. The van der Waals surface area contributed by atoms with E-state index in [2.05, 4.69) is 18.7 Å². The molecule has 3 aliphatic heterocycles. The van der Waals surface area contributed by atoms with Gasteiger partial charge in [0, 0.05) is 24.5 Å². The molecule has 3 saturated heterocycles. The lowest BCUT2D eigenvalue weighted by Crippen LogP contribution is -2.51. The second-order valence-corrected chi connectivity index (χ2v) is 8.07. The van der Waals surface area contributed by atoms with Crippen LogP contribution in [0, 0.1) is 5.92 Å². The van der Waals surface area contributed by atoms with Gasteiger partial charge in [-0.1, -0.05) is 0 Å². The van der Waals surface area contributed by atoms with Crippen molar-refractivity contribution in [3.8, 4) is 0 Å². The average molecular weight is 283 g/mol. The quantitative estimate of drug-likeness (QED) is 0.807. The lowest BCUT2D eigenvalue weighted by molar-refractivity contribution is -0.0920. The van der Waals surface area contributed by atoms with Crippen LogP contribution in [0.2, 0.25) is 0 Å². The molecule has 116 valence electrons. The van der Waals surface area contributed by atoms with Crippen LogP contribution in [0.25, 0.3) is 0 Å². The molecule has 0 aromatic heterocycles. The van der Waals surface area contributed by atoms with Crippen molar-refractivity contribution in [1.82, 2.24) is 4.90 Å². The van der Waals surface area contributed by atoms with Gasteiger partial charge in [0.2, 0.25) is 0 Å². The largest absolute Gasteiger partial charge is 0.393 e. The molecular formula is C16H29NO3. The molecule has 2 N–H and O–H groups in total. The Morgan fingerprint density at radius 3 is 2.00 bits per heavy atom. The molecular weight excluding hydrogens is 254 g/mol. The van der Waals surface area contributed by atoms with Crippen molar-refractivity contribution in [3.63, 3.8) is 0 Å². The van der Waals surface area contributed by atoms with Gasteiger partial charge in [-0.15, -0.1) is 0 Å². The number of ether oxygens (including phenoxy) is 1. The molecule has 20 heavy (non-hydrogen) atoms. The van der Waals surface area contributed by atoms with E-state index < -0.39 is 11.7 Å². The van der Waals surface area contributed by atoms with Crippen molar-refractivity contribution in [2.45, 2.75) is 88.9 Å². The Hall–Kier alpha value is -0.160. The van der Waals surface area contributed by atoms with Gasteiger partial charge in [-0.3, -0.25) is 4.90 Å². The van der Waals surface area contributed by atoms with Gasteiger partial charge < -0.3 is 14.9 Å². The fourth-order valence-electron chi connectivity index (χ4n) is 4.77. The van der Waals surface area contributed by atoms with E-state index in [1.807, 2.05) is 13.8 Å². The number of hydrogen-bond donors (Lipinski definition) is 2. The molecule has 2 bridgehead atoms. The average Bonchev–Trinajstić information content (AvgIpc) is 2.62. The van der Waals surface area contributed by atoms with Gasteiger partial charge in [-0.2, -0.15) is 0 Å². The maximum absolute atomic E-state index is 10.6. The number of nitrogens with zero attached hydrogens (tertiary/aromatic N) is 1. The molecule has 0 aliphatic carbocycles. The van der Waals surface area contributed by atoms with E-state index >= 15 is 0 Å². The highest BCUT2D eigenvalue weighted by Crippen LogP contribution is 2.45. The van der Waals surface area contributed by atoms with E-state index in [0.717, 1.165) is 19.4 Å². The summed E-state index contributed by atoms with van der Waals surface area (Å²) in [5, 5.41) is 20.5. The molecule has 0 spiro atoms. The third-order valence-electron chi connectivity index (χ3n) is 5.78. The number of rotatable bonds is 2. The summed E-state index contributed by atoms with van der Waals surface area (Å²) in [5.74, 6) is 0.135. The van der Waals surface area contributed by atoms with Crippen molar-refractivity contribution in [1.29, 1.82) is 0 Å². The second-order valence-electron chi connectivity index (χ2n) is 8.07. The monoisotopic (exact) mass is 283 g/mol. The standard InChI is InChI=1S/C16H29NO3/c1-15(2)13(14(19)16(3,4)20-15)9-17-10-5-6-11(17)8-12(18)7-10/h10-14,18-19H,5-9H2,1-4H3. The first-order valence-electron chi connectivity index (χ1n) is 8.03. The smallest absolute Gasteiger partial charge is 0.0896 e. The molecule has 3 rings (SSSR count). The Kier molecular flexibility index (Phi) is 3.45. The molecule has 0 saturated carbocycles. The van der Waals surface area contributed by atoms with Gasteiger partial charge in [0.05, 0.1) is 23.4 Å². The fourth-order valence-corrected chi connectivity index (χ4v) is 4.77. The van der Waals surface area contributed by atoms with Crippen molar-refractivity contribution >= 4 is 0 Å². The van der Waals surface area contributed by atoms with Gasteiger partial charge in [-0.25, -0.2) is 0 Å². The van der Waals surface area contributed by atoms with Crippen LogP contribution >= 0.6 is 0 Å². The summed E-state index contributed by atoms with van der Waals surface area (Å²) < 4.78 is 6.09. The summed E-state index contributed by atoms with van der Waals surface area (Å²) in [6, 6.07) is 0.992. The number of aliphatic hydroxyl groups excluding tert-OH is 2. The van der Waals surface area contributed by atoms with E-state index in [1.54, 1.807) is 0 Å². The zero-order valence-electron chi connectivity index (χ0n) is 13.2. The van der Waals surface area contributed by atoms with Crippen molar-refractivity contribution in [3.05, 3.63) is 0 Å². The number of hydrogen-bond acceptors (Lipinski definition) is 4. The molecule has 4 heteroatoms. The molecule has 3 aliphatic rings. The van der Waals surface area contributed by atoms with Crippen molar-refractivity contribution in [2.24, 2.45) is 5.92 Å². The van der Waals surface area contributed by atoms with Crippen LogP contribution in [-0.2, 0) is 4.74 Å². The van der Waals surface area contributed by atoms with Crippen LogP contribution in [0.15, 0.2) is 0 Å². The summed E-state index contributed by atoms with van der Waals surface area (Å²) in [5.41, 5.74) is -0.763. The summed E-state index contributed by atoms with van der Waals surface area (Å²) in [6.45, 7) is 9.04. The minimum atomic E-state index is -0.470. The van der Waals surface area contributed by atoms with Crippen LogP contribution in [0.5, 0.6) is 0 Å². The fraction of sp³-hybridized carbons (Fsp3) is 1.00. The molecule has 0 radical (unpaired) electrons. The second kappa shape index (κ2) is 4.67. The summed E-state index contributed by atoms with van der Waals surface area (Å²) >= 11 is 0. The Morgan fingerprint density at radius 2 is 1.55 bits per heavy atom. The predicted molar refractivity (Wildman–Crippen MR) is 77.5 cm³/mol. The summed E-state index contributed by atoms with van der Waals surface area (Å²) in [4.78, 5) is 2.53. The van der Waals surface area contributed by atoms with Crippen LogP contribution < -0.4 is 0 Å². The summed E-state index contributed by atoms with van der Waals surface area (Å²) in [6.07, 6.45) is 3.61. The van der Waals surface area contributed by atoms with Gasteiger partial charge in [0.15, 0.2) is 0 Å². The van der Waals surface area contributed by atoms with Crippen LogP contribution in [-0.4, -0.2) is 57.2 Å². The zero-order valence-corrected chi connectivity index (χ0v) is 13.2. The van der Waals surface area contributed by atoms with Crippen molar-refractivity contribution < 1.29 is 14.9 Å². The van der Waals surface area contributed by atoms with Crippen LogP contribution in [0.4, 0.5) is 0 Å². The number of fused-ring (bicyclic) bond motifs is 2. The van der Waals surface area contributed by atoms with Crippen LogP contribution in [0.3, 0.4) is 0 Å². The maximum atomic E-state index is 10.6.